The summed E-state index contributed by atoms with van der Waals surface area (Å²) in [6.07, 6.45) is 0.807. The Morgan fingerprint density at radius 2 is 1.94 bits per heavy atom. The van der Waals surface area contributed by atoms with Gasteiger partial charge in [0.15, 0.2) is 5.82 Å². The number of nitrogens with zero attached hydrogens (tertiary/aromatic N) is 4. The van der Waals surface area contributed by atoms with Gasteiger partial charge in [0, 0.05) is 24.7 Å². The zero-order valence-corrected chi connectivity index (χ0v) is 11.6. The summed E-state index contributed by atoms with van der Waals surface area (Å²) in [5.41, 5.74) is 3.09. The molecule has 0 amide bonds. The Hall–Kier alpha value is -1.91. The smallest absolute Gasteiger partial charge is 0.162 e. The molecular formula is C13H19N5. The van der Waals surface area contributed by atoms with Crippen molar-refractivity contribution in [2.45, 2.75) is 34.1 Å². The lowest BCUT2D eigenvalue weighted by Crippen LogP contribution is -2.11. The number of anilines is 1. The molecule has 96 valence electrons. The van der Waals surface area contributed by atoms with Crippen molar-refractivity contribution in [1.82, 2.24) is 19.7 Å². The maximum Gasteiger partial charge on any atom is 0.162 e. The second kappa shape index (κ2) is 4.76. The average molecular weight is 245 g/mol. The summed E-state index contributed by atoms with van der Waals surface area (Å²) >= 11 is 0. The minimum atomic E-state index is 0.807. The zero-order valence-electron chi connectivity index (χ0n) is 11.6. The van der Waals surface area contributed by atoms with E-state index in [0.29, 0.717) is 0 Å². The monoisotopic (exact) mass is 245 g/mol. The van der Waals surface area contributed by atoms with Gasteiger partial charge in [0.2, 0.25) is 0 Å². The Morgan fingerprint density at radius 3 is 2.44 bits per heavy atom. The van der Waals surface area contributed by atoms with Crippen LogP contribution in [0.1, 0.15) is 29.7 Å². The van der Waals surface area contributed by atoms with E-state index in [2.05, 4.69) is 27.3 Å². The molecule has 2 aromatic rings. The standard InChI is InChI=1S/C13H19N5/c1-6-11-15-12(14-5)10(4)13(16-11)18-9(3)7-8(2)17-18/h7H,6H2,1-5H3,(H,14,15,16). The topological polar surface area (TPSA) is 55.6 Å². The van der Waals surface area contributed by atoms with Gasteiger partial charge < -0.3 is 5.32 Å². The van der Waals surface area contributed by atoms with Gasteiger partial charge in [0.1, 0.15) is 11.6 Å². The van der Waals surface area contributed by atoms with Crippen molar-refractivity contribution in [2.24, 2.45) is 0 Å². The van der Waals surface area contributed by atoms with E-state index in [1.807, 2.05) is 38.6 Å². The fourth-order valence-electron chi connectivity index (χ4n) is 2.00. The Morgan fingerprint density at radius 1 is 1.22 bits per heavy atom. The van der Waals surface area contributed by atoms with E-state index >= 15 is 0 Å². The molecule has 5 nitrogen and oxygen atoms in total. The third-order valence-corrected chi connectivity index (χ3v) is 2.93. The van der Waals surface area contributed by atoms with Crippen molar-refractivity contribution in [1.29, 1.82) is 0 Å². The van der Waals surface area contributed by atoms with Crippen molar-refractivity contribution in [3.8, 4) is 5.82 Å². The maximum absolute atomic E-state index is 4.59. The van der Waals surface area contributed by atoms with E-state index < -0.39 is 0 Å². The Bertz CT molecular complexity index is 571. The fraction of sp³-hybridized carbons (Fsp3) is 0.462. The summed E-state index contributed by atoms with van der Waals surface area (Å²) in [7, 11) is 1.87. The first-order valence-corrected chi connectivity index (χ1v) is 6.15. The molecule has 0 saturated carbocycles. The first-order valence-electron chi connectivity index (χ1n) is 6.15. The summed E-state index contributed by atoms with van der Waals surface area (Å²) in [6.45, 7) is 8.08. The largest absolute Gasteiger partial charge is 0.373 e. The molecule has 0 spiro atoms. The number of hydrogen-bond donors (Lipinski definition) is 1. The lowest BCUT2D eigenvalue weighted by Gasteiger charge is -2.12. The van der Waals surface area contributed by atoms with Gasteiger partial charge in [-0.05, 0) is 26.8 Å². The molecule has 2 heterocycles. The zero-order chi connectivity index (χ0) is 13.3. The third-order valence-electron chi connectivity index (χ3n) is 2.93. The van der Waals surface area contributed by atoms with Crippen LogP contribution in [0.5, 0.6) is 0 Å². The molecular weight excluding hydrogens is 226 g/mol. The van der Waals surface area contributed by atoms with Crippen LogP contribution < -0.4 is 5.32 Å². The number of rotatable bonds is 3. The van der Waals surface area contributed by atoms with Crippen LogP contribution in [0.25, 0.3) is 5.82 Å². The van der Waals surface area contributed by atoms with Crippen LogP contribution in [0, 0.1) is 20.8 Å². The van der Waals surface area contributed by atoms with Crippen molar-refractivity contribution >= 4 is 5.82 Å². The number of aryl methyl sites for hydroxylation is 3. The van der Waals surface area contributed by atoms with Crippen LogP contribution in [-0.4, -0.2) is 26.8 Å². The summed E-state index contributed by atoms with van der Waals surface area (Å²) in [6, 6.07) is 2.05. The van der Waals surface area contributed by atoms with Crippen molar-refractivity contribution in [2.75, 3.05) is 12.4 Å². The highest BCUT2D eigenvalue weighted by Crippen LogP contribution is 2.20. The van der Waals surface area contributed by atoms with Gasteiger partial charge in [-0.1, -0.05) is 6.92 Å². The summed E-state index contributed by atoms with van der Waals surface area (Å²) < 4.78 is 1.88. The second-order valence-corrected chi connectivity index (χ2v) is 4.38. The second-order valence-electron chi connectivity index (χ2n) is 4.38. The normalized spacial score (nSPS) is 10.7. The van der Waals surface area contributed by atoms with Gasteiger partial charge in [-0.25, -0.2) is 14.6 Å². The predicted octanol–water partition coefficient (Wildman–Crippen LogP) is 2.19. The fourth-order valence-corrected chi connectivity index (χ4v) is 2.00. The van der Waals surface area contributed by atoms with Gasteiger partial charge in [-0.2, -0.15) is 5.10 Å². The highest BCUT2D eigenvalue weighted by molar-refractivity contribution is 5.51. The molecule has 18 heavy (non-hydrogen) atoms. The molecule has 0 saturated heterocycles. The lowest BCUT2D eigenvalue weighted by atomic mass is 10.3. The van der Waals surface area contributed by atoms with E-state index in [4.69, 9.17) is 0 Å². The van der Waals surface area contributed by atoms with Gasteiger partial charge in [0.05, 0.1) is 5.69 Å². The maximum atomic E-state index is 4.59. The molecule has 0 aliphatic carbocycles. The van der Waals surface area contributed by atoms with Crippen LogP contribution >= 0.6 is 0 Å². The molecule has 0 bridgehead atoms. The van der Waals surface area contributed by atoms with Gasteiger partial charge in [-0.15, -0.1) is 0 Å². The van der Waals surface area contributed by atoms with E-state index in [1.54, 1.807) is 0 Å². The number of aromatic nitrogens is 4. The highest BCUT2D eigenvalue weighted by atomic mass is 15.3. The number of hydrogen-bond acceptors (Lipinski definition) is 4. The minimum Gasteiger partial charge on any atom is -0.373 e. The van der Waals surface area contributed by atoms with Crippen LogP contribution in [0.2, 0.25) is 0 Å². The lowest BCUT2D eigenvalue weighted by molar-refractivity contribution is 0.775. The van der Waals surface area contributed by atoms with E-state index in [-0.39, 0.29) is 0 Å². The van der Waals surface area contributed by atoms with Gasteiger partial charge >= 0.3 is 0 Å². The summed E-state index contributed by atoms with van der Waals surface area (Å²) in [5.74, 6) is 2.55. The van der Waals surface area contributed by atoms with E-state index in [9.17, 15) is 0 Å². The number of nitrogens with one attached hydrogen (secondary N) is 1. The Kier molecular flexibility index (Phi) is 3.32. The van der Waals surface area contributed by atoms with E-state index in [0.717, 1.165) is 40.8 Å². The van der Waals surface area contributed by atoms with Crippen molar-refractivity contribution in [3.05, 3.63) is 28.8 Å². The molecule has 0 aliphatic heterocycles. The third kappa shape index (κ3) is 2.08. The first-order chi connectivity index (χ1) is 8.56. The average Bonchev–Trinajstić information content (AvgIpc) is 2.68. The molecule has 1 N–H and O–H groups in total. The Balaban J connectivity index is 2.66. The van der Waals surface area contributed by atoms with Crippen molar-refractivity contribution < 1.29 is 0 Å². The molecule has 0 radical (unpaired) electrons. The molecule has 0 aromatic carbocycles. The summed E-state index contributed by atoms with van der Waals surface area (Å²) in [5, 5.41) is 7.60. The first kappa shape index (κ1) is 12.5. The van der Waals surface area contributed by atoms with Crippen LogP contribution in [0.3, 0.4) is 0 Å². The van der Waals surface area contributed by atoms with Crippen LogP contribution in [0.4, 0.5) is 5.82 Å². The molecule has 0 aliphatic rings. The van der Waals surface area contributed by atoms with Crippen LogP contribution in [0.15, 0.2) is 6.07 Å². The predicted molar refractivity (Wildman–Crippen MR) is 72.3 cm³/mol. The van der Waals surface area contributed by atoms with Crippen LogP contribution in [-0.2, 0) is 6.42 Å². The SMILES string of the molecule is CCc1nc(NC)c(C)c(-n2nc(C)cc2C)n1. The van der Waals surface area contributed by atoms with Gasteiger partial charge in [-0.3, -0.25) is 0 Å². The highest BCUT2D eigenvalue weighted by Gasteiger charge is 2.13. The molecule has 2 aromatic heterocycles. The Labute approximate surface area is 107 Å². The van der Waals surface area contributed by atoms with Crippen molar-refractivity contribution in [3.63, 3.8) is 0 Å². The molecule has 5 heteroatoms. The van der Waals surface area contributed by atoms with E-state index in [1.165, 1.54) is 0 Å². The molecule has 0 unspecified atom stereocenters. The quantitative estimate of drug-likeness (QED) is 0.900. The molecule has 0 fully saturated rings. The van der Waals surface area contributed by atoms with Gasteiger partial charge in [0.25, 0.3) is 0 Å². The minimum absolute atomic E-state index is 0.807. The molecule has 0 atom stereocenters. The molecule has 2 rings (SSSR count). The summed E-state index contributed by atoms with van der Waals surface area (Å²) in [4.78, 5) is 9.06.